The first-order chi connectivity index (χ1) is 10.5. The van der Waals surface area contributed by atoms with Crippen molar-refractivity contribution in [2.75, 3.05) is 17.2 Å². The van der Waals surface area contributed by atoms with E-state index in [0.717, 1.165) is 5.56 Å². The number of rotatable bonds is 2. The summed E-state index contributed by atoms with van der Waals surface area (Å²) in [6.45, 7) is 1.78. The number of carbonyl (C=O) groups is 2. The van der Waals surface area contributed by atoms with Crippen LogP contribution in [0.4, 0.5) is 11.4 Å². The lowest BCUT2D eigenvalue weighted by Gasteiger charge is -2.20. The van der Waals surface area contributed by atoms with E-state index in [2.05, 4.69) is 10.6 Å². The van der Waals surface area contributed by atoms with Crippen molar-refractivity contribution in [3.63, 3.8) is 0 Å². The van der Waals surface area contributed by atoms with Gasteiger partial charge in [0.15, 0.2) is 12.4 Å². The molecule has 0 fully saturated rings. The number of halogens is 1. The number of amides is 2. The Labute approximate surface area is 132 Å². The quantitative estimate of drug-likeness (QED) is 0.894. The largest absolute Gasteiger partial charge is 0.481 e. The first kappa shape index (κ1) is 14.4. The maximum Gasteiger partial charge on any atom is 0.262 e. The summed E-state index contributed by atoms with van der Waals surface area (Å²) in [4.78, 5) is 23.7. The molecule has 1 aliphatic heterocycles. The average Bonchev–Trinajstić information content (AvgIpc) is 2.50. The molecule has 22 heavy (non-hydrogen) atoms. The molecule has 0 saturated heterocycles. The van der Waals surface area contributed by atoms with Gasteiger partial charge < -0.3 is 15.4 Å². The molecule has 5 nitrogen and oxygen atoms in total. The van der Waals surface area contributed by atoms with Gasteiger partial charge in [-0.25, -0.2) is 0 Å². The van der Waals surface area contributed by atoms with Crippen molar-refractivity contribution in [2.24, 2.45) is 0 Å². The van der Waals surface area contributed by atoms with Crippen LogP contribution >= 0.6 is 11.6 Å². The monoisotopic (exact) mass is 316 g/mol. The first-order valence-electron chi connectivity index (χ1n) is 6.68. The highest BCUT2D eigenvalue weighted by molar-refractivity contribution is 6.31. The van der Waals surface area contributed by atoms with Crippen molar-refractivity contribution < 1.29 is 14.3 Å². The molecule has 0 radical (unpaired) electrons. The van der Waals surface area contributed by atoms with Crippen LogP contribution in [-0.2, 0) is 4.79 Å². The summed E-state index contributed by atoms with van der Waals surface area (Å²) in [6.07, 6.45) is 0. The Hall–Kier alpha value is -2.53. The summed E-state index contributed by atoms with van der Waals surface area (Å²) >= 11 is 6.05. The molecule has 0 spiro atoms. The van der Waals surface area contributed by atoms with E-state index in [0.29, 0.717) is 27.7 Å². The lowest BCUT2D eigenvalue weighted by molar-refractivity contribution is -0.118. The molecule has 0 saturated carbocycles. The van der Waals surface area contributed by atoms with Gasteiger partial charge in [-0.3, -0.25) is 9.59 Å². The number of para-hydroxylation sites is 1. The van der Waals surface area contributed by atoms with Gasteiger partial charge in [0.05, 0.1) is 11.3 Å². The molecule has 0 bridgehead atoms. The van der Waals surface area contributed by atoms with Crippen LogP contribution in [0.3, 0.4) is 0 Å². The zero-order valence-corrected chi connectivity index (χ0v) is 12.5. The Morgan fingerprint density at radius 1 is 1.32 bits per heavy atom. The second kappa shape index (κ2) is 5.69. The van der Waals surface area contributed by atoms with Crippen molar-refractivity contribution in [2.45, 2.75) is 6.92 Å². The molecule has 1 aliphatic rings. The Morgan fingerprint density at radius 3 is 2.91 bits per heavy atom. The van der Waals surface area contributed by atoms with Gasteiger partial charge in [-0.05, 0) is 36.8 Å². The summed E-state index contributed by atoms with van der Waals surface area (Å²) < 4.78 is 5.37. The fraction of sp³-hybridized carbons (Fsp3) is 0.125. The van der Waals surface area contributed by atoms with E-state index in [9.17, 15) is 9.59 Å². The van der Waals surface area contributed by atoms with Gasteiger partial charge in [-0.15, -0.1) is 0 Å². The number of nitrogens with one attached hydrogen (secondary N) is 2. The minimum atomic E-state index is -0.326. The first-order valence-corrected chi connectivity index (χ1v) is 7.05. The summed E-state index contributed by atoms with van der Waals surface area (Å²) in [5.41, 5.74) is 2.38. The van der Waals surface area contributed by atoms with Crippen LogP contribution in [0.5, 0.6) is 5.75 Å². The van der Waals surface area contributed by atoms with E-state index >= 15 is 0 Å². The van der Waals surface area contributed by atoms with Crippen molar-refractivity contribution in [3.05, 3.63) is 52.5 Å². The van der Waals surface area contributed by atoms with Crippen LogP contribution in [-0.4, -0.2) is 18.4 Å². The number of anilines is 2. The molecule has 2 aromatic carbocycles. The number of ether oxygens (including phenoxy) is 1. The second-order valence-electron chi connectivity index (χ2n) is 4.94. The molecular weight excluding hydrogens is 304 g/mol. The molecule has 0 unspecified atom stereocenters. The van der Waals surface area contributed by atoms with Crippen LogP contribution in [0.2, 0.25) is 5.02 Å². The fourth-order valence-electron chi connectivity index (χ4n) is 2.16. The van der Waals surface area contributed by atoms with Gasteiger partial charge in [0.2, 0.25) is 0 Å². The number of benzene rings is 2. The van der Waals surface area contributed by atoms with E-state index in [4.69, 9.17) is 16.3 Å². The second-order valence-corrected chi connectivity index (χ2v) is 5.34. The van der Waals surface area contributed by atoms with Crippen molar-refractivity contribution in [1.29, 1.82) is 0 Å². The number of fused-ring (bicyclic) bond motifs is 1. The molecular formula is C16H13ClN2O3. The van der Waals surface area contributed by atoms with Gasteiger partial charge in [-0.1, -0.05) is 23.7 Å². The van der Waals surface area contributed by atoms with Crippen LogP contribution < -0.4 is 15.4 Å². The third kappa shape index (κ3) is 2.76. The molecule has 6 heteroatoms. The van der Waals surface area contributed by atoms with Crippen molar-refractivity contribution in [3.8, 4) is 5.75 Å². The molecule has 2 amide bonds. The van der Waals surface area contributed by atoms with Gasteiger partial charge in [0.1, 0.15) is 0 Å². The van der Waals surface area contributed by atoms with E-state index in [-0.39, 0.29) is 18.4 Å². The summed E-state index contributed by atoms with van der Waals surface area (Å²) in [6, 6.07) is 10.3. The number of carbonyl (C=O) groups excluding carboxylic acids is 2. The lowest BCUT2D eigenvalue weighted by Crippen LogP contribution is -2.27. The van der Waals surface area contributed by atoms with E-state index < -0.39 is 0 Å². The van der Waals surface area contributed by atoms with Crippen molar-refractivity contribution >= 4 is 34.8 Å². The number of hydrogen-bond acceptors (Lipinski definition) is 3. The average molecular weight is 317 g/mol. The Morgan fingerprint density at radius 2 is 2.14 bits per heavy atom. The third-order valence-electron chi connectivity index (χ3n) is 3.31. The van der Waals surface area contributed by atoms with E-state index in [1.165, 1.54) is 0 Å². The zero-order valence-electron chi connectivity index (χ0n) is 11.8. The zero-order chi connectivity index (χ0) is 15.7. The Balaban J connectivity index is 1.88. The highest BCUT2D eigenvalue weighted by Gasteiger charge is 2.22. The minimum absolute atomic E-state index is 0.104. The Bertz CT molecular complexity index is 774. The summed E-state index contributed by atoms with van der Waals surface area (Å²) in [5, 5.41) is 6.02. The molecule has 0 atom stereocenters. The highest BCUT2D eigenvalue weighted by Crippen LogP contribution is 2.32. The normalized spacial score (nSPS) is 12.9. The van der Waals surface area contributed by atoms with E-state index in [1.54, 1.807) is 30.3 Å². The fourth-order valence-corrected chi connectivity index (χ4v) is 2.34. The molecule has 2 aromatic rings. The van der Waals surface area contributed by atoms with Crippen molar-refractivity contribution in [1.82, 2.24) is 0 Å². The van der Waals surface area contributed by atoms with Gasteiger partial charge >= 0.3 is 0 Å². The molecule has 3 rings (SSSR count). The number of hydrogen-bond donors (Lipinski definition) is 2. The standard InChI is InChI=1S/C16H13ClN2O3/c1-9-5-6-10(7-12(9)17)18-16(21)11-3-2-4-13-15(11)22-8-14(20)19-13/h2-7H,8H2,1H3,(H,18,21)(H,19,20). The molecule has 112 valence electrons. The predicted molar refractivity (Wildman–Crippen MR) is 84.7 cm³/mol. The maximum atomic E-state index is 12.4. The van der Waals surface area contributed by atoms with Gasteiger partial charge in [-0.2, -0.15) is 0 Å². The molecule has 2 N–H and O–H groups in total. The third-order valence-corrected chi connectivity index (χ3v) is 3.72. The summed E-state index contributed by atoms with van der Waals surface area (Å²) in [5.74, 6) is -0.193. The lowest BCUT2D eigenvalue weighted by atomic mass is 10.1. The van der Waals surface area contributed by atoms with E-state index in [1.807, 2.05) is 13.0 Å². The minimum Gasteiger partial charge on any atom is -0.481 e. The van der Waals surface area contributed by atoms with Crippen LogP contribution in [0, 0.1) is 6.92 Å². The van der Waals surface area contributed by atoms with Gasteiger partial charge in [0.25, 0.3) is 11.8 Å². The summed E-state index contributed by atoms with van der Waals surface area (Å²) in [7, 11) is 0. The Kier molecular flexibility index (Phi) is 3.73. The van der Waals surface area contributed by atoms with Crippen LogP contribution in [0.1, 0.15) is 15.9 Å². The SMILES string of the molecule is Cc1ccc(NC(=O)c2cccc3c2OCC(=O)N3)cc1Cl. The molecule has 1 heterocycles. The van der Waals surface area contributed by atoms with Gasteiger partial charge in [0, 0.05) is 10.7 Å². The van der Waals surface area contributed by atoms with Crippen LogP contribution in [0.25, 0.3) is 0 Å². The molecule has 0 aliphatic carbocycles. The van der Waals surface area contributed by atoms with Crippen LogP contribution in [0.15, 0.2) is 36.4 Å². The smallest absolute Gasteiger partial charge is 0.262 e. The molecule has 0 aromatic heterocycles. The number of aryl methyl sites for hydroxylation is 1. The highest BCUT2D eigenvalue weighted by atomic mass is 35.5. The topological polar surface area (TPSA) is 67.4 Å². The predicted octanol–water partition coefficient (Wildman–Crippen LogP) is 3.23. The maximum absolute atomic E-state index is 12.4.